The van der Waals surface area contributed by atoms with Gasteiger partial charge in [0.1, 0.15) is 0 Å². The monoisotopic (exact) mass is 297 g/mol. The summed E-state index contributed by atoms with van der Waals surface area (Å²) in [6.45, 7) is 5.14. The molecule has 0 spiro atoms. The number of rotatable bonds is 3. The van der Waals surface area contributed by atoms with Gasteiger partial charge in [0.15, 0.2) is 0 Å². The predicted octanol–water partition coefficient (Wildman–Crippen LogP) is 2.05. The van der Waals surface area contributed by atoms with Crippen molar-refractivity contribution in [2.45, 2.75) is 25.2 Å². The molecule has 1 heterocycles. The van der Waals surface area contributed by atoms with Gasteiger partial charge in [-0.1, -0.05) is 13.8 Å². The zero-order chi connectivity index (χ0) is 14.9. The lowest BCUT2D eigenvalue weighted by Crippen LogP contribution is -2.42. The number of sulfonamides is 1. The molecule has 1 saturated heterocycles. The highest BCUT2D eigenvalue weighted by molar-refractivity contribution is 7.89. The van der Waals surface area contributed by atoms with Crippen molar-refractivity contribution in [2.75, 3.05) is 13.1 Å². The number of hydrogen-bond acceptors (Lipinski definition) is 3. The Kier molecular flexibility index (Phi) is 4.15. The van der Waals surface area contributed by atoms with Gasteiger partial charge < -0.3 is 5.11 Å². The van der Waals surface area contributed by atoms with Crippen LogP contribution < -0.4 is 0 Å². The van der Waals surface area contributed by atoms with Gasteiger partial charge >= 0.3 is 5.97 Å². The van der Waals surface area contributed by atoms with Crippen LogP contribution in [-0.2, 0) is 10.0 Å². The molecule has 2 rings (SSSR count). The van der Waals surface area contributed by atoms with Crippen LogP contribution in [0, 0.1) is 11.8 Å². The molecule has 2 atom stereocenters. The zero-order valence-electron chi connectivity index (χ0n) is 11.6. The summed E-state index contributed by atoms with van der Waals surface area (Å²) in [7, 11) is -3.53. The minimum Gasteiger partial charge on any atom is -0.478 e. The zero-order valence-corrected chi connectivity index (χ0v) is 12.4. The van der Waals surface area contributed by atoms with Gasteiger partial charge in [-0.3, -0.25) is 0 Å². The van der Waals surface area contributed by atoms with E-state index in [-0.39, 0.29) is 10.5 Å². The summed E-state index contributed by atoms with van der Waals surface area (Å²) in [6, 6.07) is 5.38. The van der Waals surface area contributed by atoms with E-state index in [1.807, 2.05) is 13.8 Å². The largest absolute Gasteiger partial charge is 0.478 e. The first-order valence-corrected chi connectivity index (χ1v) is 8.08. The van der Waals surface area contributed by atoms with E-state index in [0.29, 0.717) is 24.9 Å². The van der Waals surface area contributed by atoms with Crippen molar-refractivity contribution in [2.24, 2.45) is 11.8 Å². The van der Waals surface area contributed by atoms with E-state index in [1.54, 1.807) is 0 Å². The Labute approximate surface area is 119 Å². The highest BCUT2D eigenvalue weighted by Gasteiger charge is 2.31. The first kappa shape index (κ1) is 15.0. The van der Waals surface area contributed by atoms with Crippen molar-refractivity contribution in [1.29, 1.82) is 0 Å². The maximum Gasteiger partial charge on any atom is 0.335 e. The SMILES string of the molecule is CC1CC(C)CN(S(=O)(=O)c2ccc(C(=O)O)cc2)C1. The number of carbonyl (C=O) groups is 1. The van der Waals surface area contributed by atoms with Gasteiger partial charge in [-0.15, -0.1) is 0 Å². The van der Waals surface area contributed by atoms with E-state index in [9.17, 15) is 13.2 Å². The maximum atomic E-state index is 12.5. The molecular formula is C14H19NO4S. The van der Waals surface area contributed by atoms with Crippen LogP contribution >= 0.6 is 0 Å². The Bertz CT molecular complexity index is 584. The Morgan fingerprint density at radius 3 is 2.10 bits per heavy atom. The molecule has 0 aliphatic carbocycles. The molecule has 0 saturated carbocycles. The molecule has 0 bridgehead atoms. The molecule has 1 fully saturated rings. The molecule has 0 radical (unpaired) electrons. The summed E-state index contributed by atoms with van der Waals surface area (Å²) in [5.74, 6) is -0.382. The lowest BCUT2D eigenvalue weighted by molar-refractivity contribution is 0.0696. The molecule has 1 aromatic carbocycles. The minimum absolute atomic E-state index is 0.0873. The fourth-order valence-electron chi connectivity index (χ4n) is 2.72. The molecule has 20 heavy (non-hydrogen) atoms. The number of hydrogen-bond donors (Lipinski definition) is 1. The quantitative estimate of drug-likeness (QED) is 0.926. The van der Waals surface area contributed by atoms with Crippen molar-refractivity contribution in [3.8, 4) is 0 Å². The van der Waals surface area contributed by atoms with E-state index in [2.05, 4.69) is 0 Å². The van der Waals surface area contributed by atoms with Crippen LogP contribution in [0.1, 0.15) is 30.6 Å². The van der Waals surface area contributed by atoms with Crippen LogP contribution in [-0.4, -0.2) is 36.9 Å². The second-order valence-corrected chi connectivity index (χ2v) is 7.54. The second kappa shape index (κ2) is 5.54. The molecule has 1 aromatic rings. The second-order valence-electron chi connectivity index (χ2n) is 5.60. The smallest absolute Gasteiger partial charge is 0.335 e. The summed E-state index contributed by atoms with van der Waals surface area (Å²) in [4.78, 5) is 10.9. The highest BCUT2D eigenvalue weighted by Crippen LogP contribution is 2.26. The Morgan fingerprint density at radius 2 is 1.65 bits per heavy atom. The summed E-state index contributed by atoms with van der Waals surface area (Å²) >= 11 is 0. The molecule has 1 aliphatic rings. The summed E-state index contributed by atoms with van der Waals surface area (Å²) in [5.41, 5.74) is 0.0873. The Balaban J connectivity index is 2.27. The molecule has 0 amide bonds. The molecule has 1 aliphatic heterocycles. The van der Waals surface area contributed by atoms with Gasteiger partial charge in [-0.25, -0.2) is 13.2 Å². The van der Waals surface area contributed by atoms with Crippen molar-refractivity contribution in [3.63, 3.8) is 0 Å². The lowest BCUT2D eigenvalue weighted by Gasteiger charge is -2.34. The van der Waals surface area contributed by atoms with Crippen LogP contribution in [0.4, 0.5) is 0 Å². The fraction of sp³-hybridized carbons (Fsp3) is 0.500. The van der Waals surface area contributed by atoms with E-state index in [0.717, 1.165) is 6.42 Å². The van der Waals surface area contributed by atoms with Crippen LogP contribution in [0.2, 0.25) is 0 Å². The van der Waals surface area contributed by atoms with Crippen molar-refractivity contribution >= 4 is 16.0 Å². The standard InChI is InChI=1S/C14H19NO4S/c1-10-7-11(2)9-15(8-10)20(18,19)13-5-3-12(4-6-13)14(16)17/h3-6,10-11H,7-9H2,1-2H3,(H,16,17). The molecular weight excluding hydrogens is 278 g/mol. The molecule has 0 aromatic heterocycles. The first-order valence-electron chi connectivity index (χ1n) is 6.64. The van der Waals surface area contributed by atoms with Crippen LogP contribution in [0.3, 0.4) is 0 Å². The third-order valence-electron chi connectivity index (χ3n) is 3.57. The predicted molar refractivity (Wildman–Crippen MR) is 75.1 cm³/mol. The number of carboxylic acids is 1. The van der Waals surface area contributed by atoms with E-state index >= 15 is 0 Å². The van der Waals surface area contributed by atoms with Crippen molar-refractivity contribution in [3.05, 3.63) is 29.8 Å². The molecule has 1 N–H and O–H groups in total. The number of nitrogens with zero attached hydrogens (tertiary/aromatic N) is 1. The van der Waals surface area contributed by atoms with Gasteiger partial charge in [0.05, 0.1) is 10.5 Å². The molecule has 6 heteroatoms. The summed E-state index contributed by atoms with van der Waals surface area (Å²) < 4.78 is 26.6. The van der Waals surface area contributed by atoms with Crippen LogP contribution in [0.25, 0.3) is 0 Å². The van der Waals surface area contributed by atoms with Crippen molar-refractivity contribution in [1.82, 2.24) is 4.31 Å². The number of benzene rings is 1. The molecule has 110 valence electrons. The normalized spacial score (nSPS) is 24.5. The Morgan fingerprint density at radius 1 is 1.15 bits per heavy atom. The van der Waals surface area contributed by atoms with Crippen LogP contribution in [0.5, 0.6) is 0 Å². The van der Waals surface area contributed by atoms with Gasteiger partial charge in [-0.05, 0) is 42.5 Å². The van der Waals surface area contributed by atoms with E-state index in [4.69, 9.17) is 5.11 Å². The topological polar surface area (TPSA) is 74.7 Å². The average Bonchev–Trinajstić information content (AvgIpc) is 2.37. The third kappa shape index (κ3) is 3.02. The van der Waals surface area contributed by atoms with Gasteiger partial charge in [0.25, 0.3) is 0 Å². The summed E-state index contributed by atoms with van der Waals surface area (Å²) in [5, 5.41) is 8.84. The number of aromatic carboxylic acids is 1. The Hall–Kier alpha value is -1.40. The first-order chi connectivity index (χ1) is 9.30. The van der Waals surface area contributed by atoms with Gasteiger partial charge in [-0.2, -0.15) is 4.31 Å². The lowest BCUT2D eigenvalue weighted by atomic mass is 9.94. The summed E-state index contributed by atoms with van der Waals surface area (Å²) in [6.07, 6.45) is 1.03. The third-order valence-corrected chi connectivity index (χ3v) is 5.42. The van der Waals surface area contributed by atoms with Gasteiger partial charge in [0, 0.05) is 13.1 Å². The maximum absolute atomic E-state index is 12.5. The molecule has 2 unspecified atom stereocenters. The number of carboxylic acid groups (broad SMARTS) is 1. The number of piperidine rings is 1. The van der Waals surface area contributed by atoms with Crippen molar-refractivity contribution < 1.29 is 18.3 Å². The minimum atomic E-state index is -3.53. The van der Waals surface area contributed by atoms with Gasteiger partial charge in [0.2, 0.25) is 10.0 Å². The van der Waals surface area contributed by atoms with E-state index in [1.165, 1.54) is 28.6 Å². The van der Waals surface area contributed by atoms with Crippen LogP contribution in [0.15, 0.2) is 29.2 Å². The molecule has 5 nitrogen and oxygen atoms in total. The fourth-order valence-corrected chi connectivity index (χ4v) is 4.40. The highest BCUT2D eigenvalue weighted by atomic mass is 32.2. The van der Waals surface area contributed by atoms with E-state index < -0.39 is 16.0 Å². The average molecular weight is 297 g/mol.